The van der Waals surface area contributed by atoms with Crippen molar-refractivity contribution in [1.29, 1.82) is 0 Å². The van der Waals surface area contributed by atoms with Crippen LogP contribution in [0.1, 0.15) is 0 Å². The smallest absolute Gasteiger partial charge is 0.323 e. The van der Waals surface area contributed by atoms with Crippen LogP contribution in [-0.4, -0.2) is 55.6 Å². The molecule has 2 amide bonds. The zero-order valence-electron chi connectivity index (χ0n) is 11.5. The SMILES string of the molecule is COCCN(CC(=O)O)C(=O)Nc1ccc2c(c1)OCO2. The van der Waals surface area contributed by atoms with Crippen LogP contribution in [0.3, 0.4) is 0 Å². The highest BCUT2D eigenvalue weighted by Gasteiger charge is 2.18. The molecule has 1 aromatic rings. The number of fused-ring (bicyclic) bond motifs is 1. The molecule has 0 saturated carbocycles. The summed E-state index contributed by atoms with van der Waals surface area (Å²) >= 11 is 0. The third-order valence-corrected chi connectivity index (χ3v) is 2.80. The number of urea groups is 1. The molecule has 0 unspecified atom stereocenters. The Kier molecular flexibility index (Phi) is 4.83. The number of nitrogens with one attached hydrogen (secondary N) is 1. The topological polar surface area (TPSA) is 97.3 Å². The first kappa shape index (κ1) is 14.9. The normalized spacial score (nSPS) is 12.0. The number of amides is 2. The van der Waals surface area contributed by atoms with Gasteiger partial charge in [0.05, 0.1) is 6.61 Å². The number of benzene rings is 1. The van der Waals surface area contributed by atoms with Crippen LogP contribution in [0.15, 0.2) is 18.2 Å². The number of carboxylic acid groups (broad SMARTS) is 1. The van der Waals surface area contributed by atoms with Gasteiger partial charge in [0.25, 0.3) is 0 Å². The Balaban J connectivity index is 2.01. The Morgan fingerprint density at radius 2 is 2.14 bits per heavy atom. The zero-order valence-corrected chi connectivity index (χ0v) is 11.5. The minimum atomic E-state index is -1.09. The van der Waals surface area contributed by atoms with Crippen LogP contribution >= 0.6 is 0 Å². The van der Waals surface area contributed by atoms with Gasteiger partial charge in [-0.25, -0.2) is 4.79 Å². The van der Waals surface area contributed by atoms with Gasteiger partial charge in [0.15, 0.2) is 11.5 Å². The lowest BCUT2D eigenvalue weighted by Gasteiger charge is -2.20. The Morgan fingerprint density at radius 1 is 1.38 bits per heavy atom. The van der Waals surface area contributed by atoms with Gasteiger partial charge >= 0.3 is 12.0 Å². The number of rotatable bonds is 6. The maximum atomic E-state index is 12.1. The van der Waals surface area contributed by atoms with Gasteiger partial charge in [0.2, 0.25) is 6.79 Å². The summed E-state index contributed by atoms with van der Waals surface area (Å²) in [6.07, 6.45) is 0. The van der Waals surface area contributed by atoms with Crippen molar-refractivity contribution in [2.75, 3.05) is 38.9 Å². The Morgan fingerprint density at radius 3 is 2.86 bits per heavy atom. The van der Waals surface area contributed by atoms with E-state index in [0.717, 1.165) is 4.90 Å². The van der Waals surface area contributed by atoms with Crippen molar-refractivity contribution in [2.45, 2.75) is 0 Å². The van der Waals surface area contributed by atoms with Crippen LogP contribution in [-0.2, 0) is 9.53 Å². The maximum absolute atomic E-state index is 12.1. The molecule has 0 spiro atoms. The molecule has 114 valence electrons. The molecular weight excluding hydrogens is 280 g/mol. The molecule has 8 heteroatoms. The quantitative estimate of drug-likeness (QED) is 0.812. The predicted molar refractivity (Wildman–Crippen MR) is 72.7 cm³/mol. The predicted octanol–water partition coefficient (Wildman–Crippen LogP) is 0.980. The first-order valence-corrected chi connectivity index (χ1v) is 6.26. The van der Waals surface area contributed by atoms with Crippen molar-refractivity contribution in [3.05, 3.63) is 18.2 Å². The number of hydrogen-bond acceptors (Lipinski definition) is 5. The summed E-state index contributed by atoms with van der Waals surface area (Å²) in [4.78, 5) is 24.0. The lowest BCUT2D eigenvalue weighted by molar-refractivity contribution is -0.137. The summed E-state index contributed by atoms with van der Waals surface area (Å²) in [7, 11) is 1.48. The van der Waals surface area contributed by atoms with Gasteiger partial charge in [0, 0.05) is 25.4 Å². The van der Waals surface area contributed by atoms with Crippen LogP contribution in [0.2, 0.25) is 0 Å². The van der Waals surface area contributed by atoms with E-state index in [2.05, 4.69) is 5.32 Å². The Labute approximate surface area is 121 Å². The molecule has 0 bridgehead atoms. The average Bonchev–Trinajstić information content (AvgIpc) is 2.90. The second kappa shape index (κ2) is 6.80. The highest BCUT2D eigenvalue weighted by Crippen LogP contribution is 2.34. The number of carbonyl (C=O) groups excluding carboxylic acids is 1. The number of aliphatic carboxylic acids is 1. The summed E-state index contributed by atoms with van der Waals surface area (Å²) < 4.78 is 15.2. The van der Waals surface area contributed by atoms with Crippen LogP contribution in [0.5, 0.6) is 11.5 Å². The zero-order chi connectivity index (χ0) is 15.2. The highest BCUT2D eigenvalue weighted by molar-refractivity contribution is 5.91. The monoisotopic (exact) mass is 296 g/mol. The van der Waals surface area contributed by atoms with Crippen molar-refractivity contribution >= 4 is 17.7 Å². The number of carbonyl (C=O) groups is 2. The van der Waals surface area contributed by atoms with Gasteiger partial charge in [-0.15, -0.1) is 0 Å². The molecule has 1 heterocycles. The number of methoxy groups -OCH3 is 1. The van der Waals surface area contributed by atoms with E-state index in [1.54, 1.807) is 18.2 Å². The van der Waals surface area contributed by atoms with Crippen molar-refractivity contribution in [1.82, 2.24) is 4.90 Å². The fourth-order valence-electron chi connectivity index (χ4n) is 1.79. The summed E-state index contributed by atoms with van der Waals surface area (Å²) in [5.74, 6) is 0.0520. The first-order valence-electron chi connectivity index (χ1n) is 6.26. The van der Waals surface area contributed by atoms with Crippen molar-refractivity contribution in [2.24, 2.45) is 0 Å². The number of nitrogens with zero attached hydrogens (tertiary/aromatic N) is 1. The van der Waals surface area contributed by atoms with E-state index in [-0.39, 0.29) is 19.9 Å². The molecule has 0 radical (unpaired) electrons. The van der Waals surface area contributed by atoms with E-state index in [1.807, 2.05) is 0 Å². The molecule has 2 rings (SSSR count). The molecular formula is C13H16N2O6. The number of ether oxygens (including phenoxy) is 3. The van der Waals surface area contributed by atoms with Gasteiger partial charge in [-0.1, -0.05) is 0 Å². The van der Waals surface area contributed by atoms with Crippen molar-refractivity contribution < 1.29 is 28.9 Å². The maximum Gasteiger partial charge on any atom is 0.323 e. The van der Waals surface area contributed by atoms with Crippen molar-refractivity contribution in [3.8, 4) is 11.5 Å². The van der Waals surface area contributed by atoms with Gasteiger partial charge in [-0.05, 0) is 12.1 Å². The fraction of sp³-hybridized carbons (Fsp3) is 0.385. The van der Waals surface area contributed by atoms with E-state index in [4.69, 9.17) is 19.3 Å². The summed E-state index contributed by atoms with van der Waals surface area (Å²) in [6, 6.07) is 4.43. The molecule has 0 atom stereocenters. The Bertz CT molecular complexity index is 533. The third kappa shape index (κ3) is 3.99. The van der Waals surface area contributed by atoms with Crippen molar-refractivity contribution in [3.63, 3.8) is 0 Å². The minimum Gasteiger partial charge on any atom is -0.480 e. The van der Waals surface area contributed by atoms with E-state index >= 15 is 0 Å². The summed E-state index contributed by atoms with van der Waals surface area (Å²) in [5.41, 5.74) is 0.497. The highest BCUT2D eigenvalue weighted by atomic mass is 16.7. The second-order valence-corrected chi connectivity index (χ2v) is 4.31. The average molecular weight is 296 g/mol. The van der Waals surface area contributed by atoms with E-state index in [1.165, 1.54) is 7.11 Å². The lowest BCUT2D eigenvalue weighted by atomic mass is 10.3. The van der Waals surface area contributed by atoms with Gasteiger partial charge in [-0.3, -0.25) is 4.79 Å². The Hall–Kier alpha value is -2.48. The molecule has 0 aliphatic carbocycles. The second-order valence-electron chi connectivity index (χ2n) is 4.31. The molecule has 1 aliphatic rings. The van der Waals surface area contributed by atoms with E-state index < -0.39 is 18.5 Å². The molecule has 1 aliphatic heterocycles. The molecule has 1 aromatic carbocycles. The summed E-state index contributed by atoms with van der Waals surface area (Å²) in [6.45, 7) is 0.173. The van der Waals surface area contributed by atoms with Crippen LogP contribution in [0, 0.1) is 0 Å². The van der Waals surface area contributed by atoms with Crippen LogP contribution in [0.4, 0.5) is 10.5 Å². The number of hydrogen-bond donors (Lipinski definition) is 2. The molecule has 0 aromatic heterocycles. The molecule has 8 nitrogen and oxygen atoms in total. The summed E-state index contributed by atoms with van der Waals surface area (Å²) in [5, 5.41) is 11.4. The number of anilines is 1. The molecule has 21 heavy (non-hydrogen) atoms. The molecule has 2 N–H and O–H groups in total. The fourth-order valence-corrected chi connectivity index (χ4v) is 1.79. The van der Waals surface area contributed by atoms with Crippen LogP contribution < -0.4 is 14.8 Å². The van der Waals surface area contributed by atoms with Crippen LogP contribution in [0.25, 0.3) is 0 Å². The molecule has 0 fully saturated rings. The third-order valence-electron chi connectivity index (χ3n) is 2.80. The van der Waals surface area contributed by atoms with Gasteiger partial charge in [-0.2, -0.15) is 0 Å². The first-order chi connectivity index (χ1) is 10.1. The largest absolute Gasteiger partial charge is 0.480 e. The number of carboxylic acids is 1. The van der Waals surface area contributed by atoms with E-state index in [9.17, 15) is 9.59 Å². The molecule has 0 saturated heterocycles. The van der Waals surface area contributed by atoms with E-state index in [0.29, 0.717) is 17.2 Å². The minimum absolute atomic E-state index is 0.145. The van der Waals surface area contributed by atoms with Gasteiger partial charge in [0.1, 0.15) is 6.54 Å². The lowest BCUT2D eigenvalue weighted by Crippen LogP contribution is -2.40. The standard InChI is InChI=1S/C13H16N2O6/c1-19-5-4-15(7-12(16)17)13(18)14-9-2-3-10-11(6-9)21-8-20-10/h2-3,6H,4-5,7-8H2,1H3,(H,14,18)(H,16,17). The van der Waals surface area contributed by atoms with Gasteiger partial charge < -0.3 is 29.5 Å².